The van der Waals surface area contributed by atoms with Gasteiger partial charge in [0.2, 0.25) is 0 Å². The Bertz CT molecular complexity index is 514. The molecule has 0 unspecified atom stereocenters. The third-order valence-corrected chi connectivity index (χ3v) is 2.94. The molecule has 1 aromatic heterocycles. The van der Waals surface area contributed by atoms with Crippen molar-refractivity contribution in [2.75, 3.05) is 0 Å². The van der Waals surface area contributed by atoms with Crippen molar-refractivity contribution >= 4 is 34.8 Å². The highest BCUT2D eigenvalue weighted by Crippen LogP contribution is 2.21. The Hall–Kier alpha value is -0.830. The maximum Gasteiger partial charge on any atom is 0.152 e. The lowest BCUT2D eigenvalue weighted by molar-refractivity contribution is 1.03. The number of nitrogens with zero attached hydrogens (tertiary/aromatic N) is 2. The molecule has 0 atom stereocenters. The average molecular weight is 274 g/mol. The van der Waals surface area contributed by atoms with E-state index in [1.54, 1.807) is 0 Å². The normalized spacial score (nSPS) is 10.4. The molecular formula is C11H7Cl3N2. The molecule has 2 aromatic rings. The fourth-order valence-corrected chi connectivity index (χ4v) is 1.90. The topological polar surface area (TPSA) is 25.8 Å². The fourth-order valence-electron chi connectivity index (χ4n) is 1.31. The molecule has 0 aliphatic rings. The number of halogens is 3. The first-order chi connectivity index (χ1) is 7.66. The van der Waals surface area contributed by atoms with E-state index >= 15 is 0 Å². The van der Waals surface area contributed by atoms with Crippen molar-refractivity contribution < 1.29 is 0 Å². The van der Waals surface area contributed by atoms with Crippen LogP contribution in [0.15, 0.2) is 30.5 Å². The number of benzene rings is 1. The van der Waals surface area contributed by atoms with Crippen LogP contribution in [0, 0.1) is 0 Å². The van der Waals surface area contributed by atoms with Crippen molar-refractivity contribution in [2.24, 2.45) is 0 Å². The molecule has 0 saturated heterocycles. The van der Waals surface area contributed by atoms with Crippen LogP contribution < -0.4 is 0 Å². The summed E-state index contributed by atoms with van der Waals surface area (Å²) in [6, 6.07) is 7.54. The number of aromatic nitrogens is 2. The molecule has 82 valence electrons. The van der Waals surface area contributed by atoms with E-state index in [-0.39, 0.29) is 5.15 Å². The SMILES string of the molecule is Clc1cnc(Cc2ccccc2Cl)c(Cl)n1. The summed E-state index contributed by atoms with van der Waals surface area (Å²) < 4.78 is 0. The van der Waals surface area contributed by atoms with Crippen LogP contribution in [-0.2, 0) is 6.42 Å². The summed E-state index contributed by atoms with van der Waals surface area (Å²) in [5, 5.41) is 1.29. The second kappa shape index (κ2) is 5.00. The van der Waals surface area contributed by atoms with Crippen molar-refractivity contribution in [3.63, 3.8) is 0 Å². The molecule has 1 aromatic carbocycles. The lowest BCUT2D eigenvalue weighted by Crippen LogP contribution is -1.96. The van der Waals surface area contributed by atoms with Gasteiger partial charge in [-0.05, 0) is 11.6 Å². The van der Waals surface area contributed by atoms with Crippen molar-refractivity contribution in [3.8, 4) is 0 Å². The minimum Gasteiger partial charge on any atom is -0.255 e. The molecule has 5 heteroatoms. The molecule has 0 bridgehead atoms. The molecular weight excluding hydrogens is 266 g/mol. The minimum atomic E-state index is 0.285. The van der Waals surface area contributed by atoms with Crippen LogP contribution in [0.4, 0.5) is 0 Å². The van der Waals surface area contributed by atoms with Gasteiger partial charge in [-0.15, -0.1) is 0 Å². The summed E-state index contributed by atoms with van der Waals surface area (Å²) in [7, 11) is 0. The molecule has 0 saturated carbocycles. The van der Waals surface area contributed by atoms with Gasteiger partial charge in [0.1, 0.15) is 5.15 Å². The number of rotatable bonds is 2. The zero-order valence-corrected chi connectivity index (χ0v) is 10.4. The van der Waals surface area contributed by atoms with Gasteiger partial charge in [0.05, 0.1) is 11.9 Å². The van der Waals surface area contributed by atoms with Gasteiger partial charge in [-0.2, -0.15) is 0 Å². The number of hydrogen-bond acceptors (Lipinski definition) is 2. The van der Waals surface area contributed by atoms with E-state index in [4.69, 9.17) is 34.8 Å². The standard InChI is InChI=1S/C11H7Cl3N2/c12-8-4-2-1-3-7(8)5-9-11(14)16-10(13)6-15-9/h1-4,6H,5H2. The Morgan fingerprint density at radius 3 is 2.50 bits per heavy atom. The maximum absolute atomic E-state index is 6.04. The van der Waals surface area contributed by atoms with Crippen LogP contribution in [0.3, 0.4) is 0 Å². The molecule has 0 aliphatic heterocycles. The maximum atomic E-state index is 6.04. The van der Waals surface area contributed by atoms with E-state index in [0.29, 0.717) is 22.3 Å². The summed E-state index contributed by atoms with van der Waals surface area (Å²) >= 11 is 17.6. The van der Waals surface area contributed by atoms with Crippen molar-refractivity contribution in [1.29, 1.82) is 0 Å². The van der Waals surface area contributed by atoms with Gasteiger partial charge >= 0.3 is 0 Å². The summed E-state index contributed by atoms with van der Waals surface area (Å²) in [6.45, 7) is 0. The third-order valence-electron chi connectivity index (χ3n) is 2.09. The summed E-state index contributed by atoms with van der Waals surface area (Å²) in [5.41, 5.74) is 1.63. The highest BCUT2D eigenvalue weighted by atomic mass is 35.5. The molecule has 0 aliphatic carbocycles. The predicted octanol–water partition coefficient (Wildman–Crippen LogP) is 4.03. The molecule has 1 heterocycles. The fraction of sp³-hybridized carbons (Fsp3) is 0.0909. The van der Waals surface area contributed by atoms with Gasteiger partial charge in [-0.3, -0.25) is 4.98 Å². The molecule has 0 fully saturated rings. The molecule has 2 rings (SSSR count). The quantitative estimate of drug-likeness (QED) is 0.825. The summed E-state index contributed by atoms with van der Waals surface area (Å²) in [4.78, 5) is 8.05. The van der Waals surface area contributed by atoms with Crippen LogP contribution in [0.5, 0.6) is 0 Å². The van der Waals surface area contributed by atoms with Crippen molar-refractivity contribution in [2.45, 2.75) is 6.42 Å². The molecule has 0 radical (unpaired) electrons. The molecule has 0 amide bonds. The molecule has 2 nitrogen and oxygen atoms in total. The molecule has 0 spiro atoms. The minimum absolute atomic E-state index is 0.285. The van der Waals surface area contributed by atoms with E-state index in [1.165, 1.54) is 6.20 Å². The molecule has 16 heavy (non-hydrogen) atoms. The zero-order chi connectivity index (χ0) is 11.5. The van der Waals surface area contributed by atoms with Gasteiger partial charge in [-0.1, -0.05) is 53.0 Å². The Morgan fingerprint density at radius 2 is 1.81 bits per heavy atom. The van der Waals surface area contributed by atoms with E-state index in [0.717, 1.165) is 5.56 Å². The van der Waals surface area contributed by atoms with Crippen LogP contribution in [0.2, 0.25) is 15.3 Å². The smallest absolute Gasteiger partial charge is 0.152 e. The van der Waals surface area contributed by atoms with E-state index in [2.05, 4.69) is 9.97 Å². The van der Waals surface area contributed by atoms with E-state index in [9.17, 15) is 0 Å². The first kappa shape index (κ1) is 11.6. The second-order valence-corrected chi connectivity index (χ2v) is 4.35. The van der Waals surface area contributed by atoms with Crippen LogP contribution >= 0.6 is 34.8 Å². The van der Waals surface area contributed by atoms with Gasteiger partial charge in [-0.25, -0.2) is 4.98 Å². The van der Waals surface area contributed by atoms with Gasteiger partial charge in [0.25, 0.3) is 0 Å². The highest BCUT2D eigenvalue weighted by Gasteiger charge is 2.07. The zero-order valence-electron chi connectivity index (χ0n) is 8.12. The Kier molecular flexibility index (Phi) is 3.64. The Morgan fingerprint density at radius 1 is 1.06 bits per heavy atom. The largest absolute Gasteiger partial charge is 0.255 e. The third kappa shape index (κ3) is 2.64. The average Bonchev–Trinajstić information content (AvgIpc) is 2.25. The lowest BCUT2D eigenvalue weighted by atomic mass is 10.1. The van der Waals surface area contributed by atoms with Gasteiger partial charge < -0.3 is 0 Å². The Balaban J connectivity index is 2.31. The van der Waals surface area contributed by atoms with Crippen LogP contribution in [0.25, 0.3) is 0 Å². The van der Waals surface area contributed by atoms with Gasteiger partial charge in [0.15, 0.2) is 5.15 Å². The lowest BCUT2D eigenvalue weighted by Gasteiger charge is -2.04. The summed E-state index contributed by atoms with van der Waals surface area (Å²) in [6.07, 6.45) is 2.02. The highest BCUT2D eigenvalue weighted by molar-refractivity contribution is 6.33. The number of hydrogen-bond donors (Lipinski definition) is 0. The predicted molar refractivity (Wildman–Crippen MR) is 66.3 cm³/mol. The first-order valence-corrected chi connectivity index (χ1v) is 5.70. The van der Waals surface area contributed by atoms with Crippen molar-refractivity contribution in [1.82, 2.24) is 9.97 Å². The summed E-state index contributed by atoms with van der Waals surface area (Å²) in [5.74, 6) is 0. The molecule has 0 N–H and O–H groups in total. The van der Waals surface area contributed by atoms with Crippen LogP contribution in [0.1, 0.15) is 11.3 Å². The van der Waals surface area contributed by atoms with Gasteiger partial charge in [0, 0.05) is 11.4 Å². The van der Waals surface area contributed by atoms with E-state index < -0.39 is 0 Å². The van der Waals surface area contributed by atoms with Crippen LogP contribution in [-0.4, -0.2) is 9.97 Å². The van der Waals surface area contributed by atoms with E-state index in [1.807, 2.05) is 24.3 Å². The second-order valence-electron chi connectivity index (χ2n) is 3.20. The first-order valence-electron chi connectivity index (χ1n) is 4.57. The van der Waals surface area contributed by atoms with Crippen molar-refractivity contribution in [3.05, 3.63) is 57.0 Å². The Labute approximate surface area is 108 Å². The monoisotopic (exact) mass is 272 g/mol.